The molecule has 0 saturated heterocycles. The number of hydrazine groups is 1. The summed E-state index contributed by atoms with van der Waals surface area (Å²) in [5, 5.41) is 1.98. The highest BCUT2D eigenvalue weighted by atomic mass is 79.9. The molecule has 0 atom stereocenters. The predicted octanol–water partition coefficient (Wildman–Crippen LogP) is 1.35. The van der Waals surface area contributed by atoms with Crippen molar-refractivity contribution in [1.29, 1.82) is 0 Å². The minimum absolute atomic E-state index is 0.701. The van der Waals surface area contributed by atoms with Gasteiger partial charge in [0.1, 0.15) is 5.84 Å². The Kier molecular flexibility index (Phi) is 3.04. The van der Waals surface area contributed by atoms with Crippen molar-refractivity contribution in [2.24, 2.45) is 10.8 Å². The summed E-state index contributed by atoms with van der Waals surface area (Å²) in [6, 6.07) is 1.97. The lowest BCUT2D eigenvalue weighted by molar-refractivity contribution is 1.02. The maximum Gasteiger partial charge on any atom is 0.143 e. The smallest absolute Gasteiger partial charge is 0.143 e. The summed E-state index contributed by atoms with van der Waals surface area (Å²) in [5.74, 6) is 5.93. The molecule has 0 amide bonds. The van der Waals surface area contributed by atoms with Crippen LogP contribution in [0.15, 0.2) is 20.2 Å². The van der Waals surface area contributed by atoms with Crippen LogP contribution in [0.25, 0.3) is 0 Å². The van der Waals surface area contributed by atoms with Crippen LogP contribution in [0.1, 0.15) is 5.56 Å². The molecule has 0 fully saturated rings. The van der Waals surface area contributed by atoms with Gasteiger partial charge in [-0.1, -0.05) is 0 Å². The number of hydrogen-bond acceptors (Lipinski definition) is 3. The third kappa shape index (κ3) is 2.02. The Morgan fingerprint density at radius 2 is 2.55 bits per heavy atom. The zero-order valence-corrected chi connectivity index (χ0v) is 8.37. The Labute approximate surface area is 77.4 Å². The molecule has 0 bridgehead atoms. The monoisotopic (exact) mass is 233 g/mol. The van der Waals surface area contributed by atoms with Crippen molar-refractivity contribution in [3.05, 3.63) is 20.8 Å². The van der Waals surface area contributed by atoms with Gasteiger partial charge in [0.05, 0.1) is 3.79 Å². The average Bonchev–Trinajstić information content (AvgIpc) is 2.39. The first-order valence-corrected chi connectivity index (χ1v) is 4.63. The zero-order chi connectivity index (χ0) is 8.27. The molecule has 0 radical (unpaired) electrons. The minimum Gasteiger partial charge on any atom is -0.308 e. The van der Waals surface area contributed by atoms with Crippen LogP contribution < -0.4 is 11.3 Å². The van der Waals surface area contributed by atoms with Crippen LogP contribution in [0.5, 0.6) is 0 Å². The molecule has 0 aliphatic rings. The number of amidine groups is 1. The van der Waals surface area contributed by atoms with Gasteiger partial charge < -0.3 is 5.43 Å². The highest BCUT2D eigenvalue weighted by Crippen LogP contribution is 2.20. The summed E-state index contributed by atoms with van der Waals surface area (Å²) >= 11 is 4.96. The van der Waals surface area contributed by atoms with E-state index < -0.39 is 0 Å². The summed E-state index contributed by atoms with van der Waals surface area (Å²) in [7, 11) is 1.70. The first-order valence-electron chi connectivity index (χ1n) is 2.95. The number of nitrogens with two attached hydrogens (primary N) is 1. The van der Waals surface area contributed by atoms with Crippen LogP contribution in [0.4, 0.5) is 0 Å². The van der Waals surface area contributed by atoms with E-state index in [-0.39, 0.29) is 0 Å². The zero-order valence-electron chi connectivity index (χ0n) is 5.97. The van der Waals surface area contributed by atoms with Crippen molar-refractivity contribution < 1.29 is 0 Å². The second kappa shape index (κ2) is 3.85. The van der Waals surface area contributed by atoms with Crippen LogP contribution in [0, 0.1) is 0 Å². The Morgan fingerprint density at radius 1 is 1.82 bits per heavy atom. The Hall–Kier alpha value is -0.390. The van der Waals surface area contributed by atoms with Gasteiger partial charge in [-0.15, -0.1) is 11.3 Å². The van der Waals surface area contributed by atoms with Gasteiger partial charge in [-0.2, -0.15) is 0 Å². The molecule has 1 heterocycles. The molecular weight excluding hydrogens is 226 g/mol. The van der Waals surface area contributed by atoms with Crippen molar-refractivity contribution in [1.82, 2.24) is 5.43 Å². The van der Waals surface area contributed by atoms with Crippen LogP contribution in [-0.2, 0) is 0 Å². The number of nitrogens with zero attached hydrogens (tertiary/aromatic N) is 1. The number of rotatable bonds is 1. The van der Waals surface area contributed by atoms with Gasteiger partial charge >= 0.3 is 0 Å². The Morgan fingerprint density at radius 3 is 2.91 bits per heavy atom. The SMILES string of the molecule is CN=C(NN)c1csc(Br)c1. The Balaban J connectivity index is 2.91. The molecule has 0 aromatic carbocycles. The number of aliphatic imine (C=N–C) groups is 1. The molecular formula is C6H8BrN3S. The third-order valence-electron chi connectivity index (χ3n) is 1.20. The van der Waals surface area contributed by atoms with Crippen molar-refractivity contribution in [2.45, 2.75) is 0 Å². The van der Waals surface area contributed by atoms with Crippen molar-refractivity contribution >= 4 is 33.1 Å². The fourth-order valence-corrected chi connectivity index (χ4v) is 1.85. The summed E-state index contributed by atoms with van der Waals surface area (Å²) in [4.78, 5) is 3.96. The van der Waals surface area contributed by atoms with Gasteiger partial charge in [0, 0.05) is 18.0 Å². The third-order valence-corrected chi connectivity index (χ3v) is 2.71. The molecule has 1 aromatic heterocycles. The van der Waals surface area contributed by atoms with Gasteiger partial charge in [-0.05, 0) is 22.0 Å². The largest absolute Gasteiger partial charge is 0.308 e. The predicted molar refractivity (Wildman–Crippen MR) is 51.8 cm³/mol. The normalized spacial score (nSPS) is 11.7. The quantitative estimate of drug-likeness (QED) is 0.333. The molecule has 0 aliphatic carbocycles. The topological polar surface area (TPSA) is 50.4 Å². The lowest BCUT2D eigenvalue weighted by Crippen LogP contribution is -2.30. The lowest BCUT2D eigenvalue weighted by Gasteiger charge is -1.98. The van der Waals surface area contributed by atoms with Crippen LogP contribution in [-0.4, -0.2) is 12.9 Å². The number of thiophene rings is 1. The number of hydrogen-bond donors (Lipinski definition) is 2. The molecule has 5 heteroatoms. The molecule has 3 N–H and O–H groups in total. The molecule has 1 rings (SSSR count). The summed E-state index contributed by atoms with van der Waals surface area (Å²) in [6.07, 6.45) is 0. The van der Waals surface area contributed by atoms with Gasteiger partial charge in [-0.25, -0.2) is 5.84 Å². The van der Waals surface area contributed by atoms with E-state index in [0.717, 1.165) is 9.35 Å². The van der Waals surface area contributed by atoms with Crippen molar-refractivity contribution in [2.75, 3.05) is 7.05 Å². The maximum atomic E-state index is 5.23. The minimum atomic E-state index is 0.701. The summed E-state index contributed by atoms with van der Waals surface area (Å²) < 4.78 is 1.07. The van der Waals surface area contributed by atoms with E-state index in [0.29, 0.717) is 5.84 Å². The first kappa shape index (κ1) is 8.70. The van der Waals surface area contributed by atoms with E-state index in [1.54, 1.807) is 18.4 Å². The summed E-state index contributed by atoms with van der Waals surface area (Å²) in [6.45, 7) is 0. The molecule has 1 aromatic rings. The highest BCUT2D eigenvalue weighted by molar-refractivity contribution is 9.11. The van der Waals surface area contributed by atoms with Gasteiger partial charge in [0.25, 0.3) is 0 Å². The molecule has 11 heavy (non-hydrogen) atoms. The number of halogens is 1. The van der Waals surface area contributed by atoms with Crippen LogP contribution in [0.3, 0.4) is 0 Å². The van der Waals surface area contributed by atoms with Gasteiger partial charge in [-0.3, -0.25) is 4.99 Å². The van der Waals surface area contributed by atoms with E-state index in [9.17, 15) is 0 Å². The van der Waals surface area contributed by atoms with Gasteiger partial charge in [0.2, 0.25) is 0 Å². The molecule has 60 valence electrons. The fraction of sp³-hybridized carbons (Fsp3) is 0.167. The van der Waals surface area contributed by atoms with E-state index in [1.165, 1.54) is 0 Å². The van der Waals surface area contributed by atoms with Crippen molar-refractivity contribution in [3.8, 4) is 0 Å². The highest BCUT2D eigenvalue weighted by Gasteiger charge is 2.01. The standard InChI is InChI=1S/C6H8BrN3S/c1-9-6(10-8)4-2-5(7)11-3-4/h2-3H,8H2,1H3,(H,9,10). The van der Waals surface area contributed by atoms with E-state index in [4.69, 9.17) is 5.84 Å². The van der Waals surface area contributed by atoms with E-state index >= 15 is 0 Å². The number of nitrogens with one attached hydrogen (secondary N) is 1. The van der Waals surface area contributed by atoms with Crippen LogP contribution >= 0.6 is 27.3 Å². The molecule has 0 unspecified atom stereocenters. The molecule has 3 nitrogen and oxygen atoms in total. The second-order valence-electron chi connectivity index (χ2n) is 1.86. The fourth-order valence-electron chi connectivity index (χ4n) is 0.711. The van der Waals surface area contributed by atoms with Gasteiger partial charge in [0.15, 0.2) is 0 Å². The Bertz CT molecular complexity index is 269. The first-order chi connectivity index (χ1) is 5.27. The second-order valence-corrected chi connectivity index (χ2v) is 4.15. The van der Waals surface area contributed by atoms with E-state index in [2.05, 4.69) is 26.3 Å². The molecule has 0 saturated carbocycles. The average molecular weight is 234 g/mol. The van der Waals surface area contributed by atoms with E-state index in [1.807, 2.05) is 11.4 Å². The van der Waals surface area contributed by atoms with Crippen LogP contribution in [0.2, 0.25) is 0 Å². The lowest BCUT2D eigenvalue weighted by atomic mass is 10.3. The summed E-state index contributed by atoms with van der Waals surface area (Å²) in [5.41, 5.74) is 3.52. The molecule has 0 aliphatic heterocycles. The van der Waals surface area contributed by atoms with Crippen molar-refractivity contribution in [3.63, 3.8) is 0 Å². The maximum absolute atomic E-state index is 5.23. The molecule has 0 spiro atoms.